The molecule has 20 nitrogen and oxygen atoms in total. The number of nitrogens with one attached hydrogen (secondary N) is 1. The Hall–Kier alpha value is -10.1. The topological polar surface area (TPSA) is 264 Å². The second kappa shape index (κ2) is 29.5. The fourth-order valence-corrected chi connectivity index (χ4v) is 19.6. The smallest absolute Gasteiger partial charge is 0.255 e. The predicted octanol–water partition coefficient (Wildman–Crippen LogP) is 13.3. The number of fused-ring (bicyclic) bond motifs is 4. The molecule has 0 radical (unpaired) electrons. The van der Waals surface area contributed by atoms with Crippen molar-refractivity contribution in [3.05, 3.63) is 194 Å². The molecule has 5 aliphatic heterocycles. The average molecular weight is 1530 g/mol. The molecule has 8 heterocycles. The fraction of sp³-hybridized carbons (Fsp3) is 0.377. The zero-order valence-electron chi connectivity index (χ0n) is 58.8. The van der Waals surface area contributed by atoms with Crippen LogP contribution in [0.5, 0.6) is 5.88 Å². The highest BCUT2D eigenvalue weighted by Crippen LogP contribution is 2.69. The SMILES string of the molecule is C#CCOc1cnc(/C(F)=C/c2ccc(F)c([C@@]3(C)N=C(N)S[C@@]4(C(=O)NCC(F)F)C[C@H]43)c2)cn1.[C-]#[N+]c1ccc(/C(F)=C/c2ccc(F)c([C@@]3(C)N=C(N)S[C@@]4(C(=O)N5CCO[C@@H]6C[C@@H]65)C[C@H]43)c2)nc1.[C-]#[N+]c1ccc(/C(F)=C/c2ccc(F)c([C@@]3(C)N=C(N)S[C@@]4(C(=O)N5CC[C@@H](C)[C@H]5C)C[C@H]43)c2)nc1. The van der Waals surface area contributed by atoms with Crippen molar-refractivity contribution in [2.45, 2.75) is 122 Å². The monoisotopic (exact) mass is 1530 g/mol. The molecule has 9 aliphatic rings. The zero-order chi connectivity index (χ0) is 77.2. The summed E-state index contributed by atoms with van der Waals surface area (Å²) < 4.78 is 123. The van der Waals surface area contributed by atoms with Crippen molar-refractivity contribution in [3.8, 4) is 18.2 Å². The lowest BCUT2D eigenvalue weighted by Gasteiger charge is -2.37. The van der Waals surface area contributed by atoms with Crippen LogP contribution in [0.3, 0.4) is 0 Å². The van der Waals surface area contributed by atoms with Crippen LogP contribution in [-0.2, 0) is 35.7 Å². The van der Waals surface area contributed by atoms with Gasteiger partial charge in [-0.2, -0.15) is 0 Å². The molecule has 4 saturated carbocycles. The van der Waals surface area contributed by atoms with Gasteiger partial charge in [0.15, 0.2) is 27.9 Å². The number of rotatable bonds is 16. The van der Waals surface area contributed by atoms with Crippen LogP contribution in [0.2, 0.25) is 0 Å². The lowest BCUT2D eigenvalue weighted by Crippen LogP contribution is -2.50. The van der Waals surface area contributed by atoms with E-state index in [1.165, 1.54) is 121 Å². The minimum Gasteiger partial charge on any atom is -0.463 e. The Morgan fingerprint density at radius 2 is 1.09 bits per heavy atom. The standard InChI is InChI=1S/C27H27F2N5OS.C26H23F2N5O2S.C24H21F4N5O2S/c1-15-9-10-34(16(15)2)24(35)27-13-23(27)26(3,33-25(30)36-27)19-11-17(5-7-20(19)28)12-21(29)22-8-6-18(31-4)14-32-22;1-25(16-9-14(3-5-17(16)27)10-18(28)19-6-4-15(30-2)13-31-19)22-12-26(22,36-24(29)32-25)23(34)33-7-8-35-21-11-20(21)33;1-3-6-35-20-12-30-17(10-31-20)16(26)8-13-4-5-15(25)14(7-13)23(2)18-9-24(18,36-22(29)33-23)21(34)32-11-19(27)28/h5-8,11-12,14-16,23H,9-10,13H2,1-3H3,(H2,30,33);3-6,9-10,13,20-22H,7-8,11-12H2,1H3,(H2,29,32);1,4-5,7-8,10,12,18-19H,6,9,11H2,2H3,(H2,29,33)(H,32,34)/b21-12-;18-10-;16-8-/t15-,16-,23+,26-,27+;20-,21+,22-,25+,26-;18-,23+,24-/m100/s1. The molecule has 558 valence electrons. The molecule has 2 saturated heterocycles. The summed E-state index contributed by atoms with van der Waals surface area (Å²) in [4.78, 5) is 80.0. The number of ether oxygens (including phenoxy) is 2. The lowest BCUT2D eigenvalue weighted by atomic mass is 9.84. The Morgan fingerprint density at radius 3 is 1.51 bits per heavy atom. The minimum absolute atomic E-state index is 0.00880. The number of terminal acetylenes is 1. The van der Waals surface area contributed by atoms with Crippen molar-refractivity contribution < 1.29 is 59.0 Å². The maximum absolute atomic E-state index is 15.2. The van der Waals surface area contributed by atoms with Crippen molar-refractivity contribution in [2.75, 3.05) is 32.8 Å². The van der Waals surface area contributed by atoms with E-state index in [0.29, 0.717) is 66.5 Å². The van der Waals surface area contributed by atoms with E-state index >= 15 is 13.2 Å². The van der Waals surface area contributed by atoms with Crippen molar-refractivity contribution in [2.24, 2.45) is 55.8 Å². The highest BCUT2D eigenvalue weighted by atomic mass is 32.2. The number of aliphatic imine (C=N–C) groups is 3. The number of benzene rings is 3. The van der Waals surface area contributed by atoms with Gasteiger partial charge in [0, 0.05) is 66.0 Å². The summed E-state index contributed by atoms with van der Waals surface area (Å²) in [7, 11) is 0. The number of aromatic nitrogens is 4. The summed E-state index contributed by atoms with van der Waals surface area (Å²) in [5.41, 5.74) is 17.6. The highest BCUT2D eigenvalue weighted by molar-refractivity contribution is 8.16. The molecule has 6 aromatic rings. The van der Waals surface area contributed by atoms with Crippen LogP contribution in [0.1, 0.15) is 117 Å². The van der Waals surface area contributed by atoms with Gasteiger partial charge < -0.3 is 41.8 Å². The number of nitrogens with two attached hydrogens (primary N) is 3. The van der Waals surface area contributed by atoms with E-state index in [1.807, 2.05) is 16.7 Å². The number of carbonyl (C=O) groups is 3. The first-order chi connectivity index (χ1) is 51.4. The molecule has 15 rings (SSSR count). The van der Waals surface area contributed by atoms with Crippen molar-refractivity contribution >= 4 is 116 Å². The molecule has 3 amide bonds. The Kier molecular flexibility index (Phi) is 20.7. The molecule has 3 aromatic heterocycles. The van der Waals surface area contributed by atoms with Gasteiger partial charge in [-0.15, -0.1) is 6.42 Å². The maximum atomic E-state index is 15.2. The van der Waals surface area contributed by atoms with Gasteiger partial charge in [-0.05, 0) is 149 Å². The predicted molar refractivity (Wildman–Crippen MR) is 400 cm³/mol. The number of amidine groups is 3. The summed E-state index contributed by atoms with van der Waals surface area (Å²) in [5, 5.41) is 2.76. The Morgan fingerprint density at radius 1 is 0.648 bits per heavy atom. The van der Waals surface area contributed by atoms with Gasteiger partial charge in [0.1, 0.15) is 49.0 Å². The minimum atomic E-state index is -2.71. The molecule has 6 fully saturated rings. The van der Waals surface area contributed by atoms with Gasteiger partial charge in [-0.25, -0.2) is 54.8 Å². The van der Waals surface area contributed by atoms with Gasteiger partial charge in [-0.1, -0.05) is 78.5 Å². The third-order valence-corrected chi connectivity index (χ3v) is 25.4. The number of alkyl halides is 2. The lowest BCUT2D eigenvalue weighted by molar-refractivity contribution is -0.136. The van der Waals surface area contributed by atoms with Crippen LogP contribution in [0, 0.1) is 66.6 Å². The van der Waals surface area contributed by atoms with Crippen LogP contribution in [0.4, 0.5) is 46.5 Å². The van der Waals surface area contributed by atoms with E-state index in [-0.39, 0.29) is 110 Å². The number of amides is 3. The summed E-state index contributed by atoms with van der Waals surface area (Å²) in [5.74, 6) is -2.19. The second-order valence-electron chi connectivity index (χ2n) is 28.3. The molecule has 0 spiro atoms. The second-order valence-corrected chi connectivity index (χ2v) is 32.4. The number of nitrogens with zero attached hydrogens (tertiary/aromatic N) is 11. The molecule has 0 bridgehead atoms. The summed E-state index contributed by atoms with van der Waals surface area (Å²) in [6.07, 6.45) is 14.4. The molecule has 0 unspecified atom stereocenters. The van der Waals surface area contributed by atoms with Gasteiger partial charge in [0.2, 0.25) is 35.0 Å². The average Bonchev–Trinajstić information content (AvgIpc) is 1.53. The third-order valence-electron chi connectivity index (χ3n) is 21.5. The molecule has 31 heteroatoms. The van der Waals surface area contributed by atoms with Crippen LogP contribution < -0.4 is 27.3 Å². The molecule has 3 aromatic carbocycles. The molecule has 7 N–H and O–H groups in total. The first kappa shape index (κ1) is 76.1. The molecular formula is C77H71F8N15O5S3. The largest absolute Gasteiger partial charge is 0.463 e. The summed E-state index contributed by atoms with van der Waals surface area (Å²) >= 11 is 3.55. The van der Waals surface area contributed by atoms with Crippen molar-refractivity contribution in [1.82, 2.24) is 35.1 Å². The van der Waals surface area contributed by atoms with Gasteiger partial charge in [-0.3, -0.25) is 39.3 Å². The summed E-state index contributed by atoms with van der Waals surface area (Å²) in [6, 6.07) is 18.7. The fourth-order valence-electron chi connectivity index (χ4n) is 15.3. The number of hydrogen-bond acceptors (Lipinski definition) is 18. The normalized spacial score (nSPS) is 29.7. The number of thioether (sulfide) groups is 3. The van der Waals surface area contributed by atoms with E-state index < -0.39 is 90.6 Å². The van der Waals surface area contributed by atoms with Crippen molar-refractivity contribution in [1.29, 1.82) is 0 Å². The number of halogens is 8. The number of likely N-dealkylation sites (tertiary alicyclic amines) is 1. The van der Waals surface area contributed by atoms with Gasteiger partial charge in [0.25, 0.3) is 6.43 Å². The van der Waals surface area contributed by atoms with E-state index in [1.54, 1.807) is 26.0 Å². The van der Waals surface area contributed by atoms with Crippen LogP contribution in [0.15, 0.2) is 119 Å². The molecule has 4 aliphatic carbocycles. The maximum Gasteiger partial charge on any atom is 0.255 e. The van der Waals surface area contributed by atoms with E-state index in [0.717, 1.165) is 36.7 Å². The molecular weight excluding hydrogens is 1460 g/mol. The van der Waals surface area contributed by atoms with Gasteiger partial charge >= 0.3 is 0 Å². The Bertz CT molecular complexity index is 4770. The van der Waals surface area contributed by atoms with E-state index in [9.17, 15) is 36.3 Å². The number of pyridine rings is 2. The quantitative estimate of drug-likeness (QED) is 0.0399. The third kappa shape index (κ3) is 14.5. The molecule has 108 heavy (non-hydrogen) atoms. The van der Waals surface area contributed by atoms with Crippen molar-refractivity contribution in [3.63, 3.8) is 0 Å². The van der Waals surface area contributed by atoms with E-state index in [2.05, 4.69) is 69.7 Å². The Balaban J connectivity index is 0.000000143. The Labute approximate surface area is 629 Å². The van der Waals surface area contributed by atoms with Gasteiger partial charge in [0.05, 0.1) is 78.8 Å². The first-order valence-corrected chi connectivity index (χ1v) is 36.9. The number of carbonyl (C=O) groups excluding carboxylic acids is 3. The van der Waals surface area contributed by atoms with Crippen LogP contribution >= 0.6 is 35.3 Å². The van der Waals surface area contributed by atoms with Crippen LogP contribution in [0.25, 0.3) is 45.4 Å². The highest BCUT2D eigenvalue weighted by Gasteiger charge is 2.74. The molecule has 13 atom stereocenters. The number of morpholine rings is 1. The first-order valence-electron chi connectivity index (χ1n) is 34.4. The number of hydrogen-bond donors (Lipinski definition) is 4. The van der Waals surface area contributed by atoms with E-state index in [4.69, 9.17) is 46.2 Å². The summed E-state index contributed by atoms with van der Waals surface area (Å²) in [6.45, 7) is 24.4. The van der Waals surface area contributed by atoms with Crippen LogP contribution in [-0.4, -0.2) is 135 Å². The zero-order valence-corrected chi connectivity index (χ0v) is 61.2.